The van der Waals surface area contributed by atoms with Crippen LogP contribution in [-0.2, 0) is 13.6 Å². The molecule has 0 aromatic rings. The molecule has 0 heterocycles. The molecule has 60 valence electrons. The molecule has 1 N–H and O–H groups in total. The predicted molar refractivity (Wildman–Crippen MR) is 37.4 cm³/mol. The van der Waals surface area contributed by atoms with E-state index in [4.69, 9.17) is 4.89 Å². The summed E-state index contributed by atoms with van der Waals surface area (Å²) in [6.45, 7) is 3.49. The van der Waals surface area contributed by atoms with E-state index in [2.05, 4.69) is 9.05 Å². The minimum Gasteiger partial charge on any atom is -0.412 e. The SMILES string of the molecule is COP(=O)(O)OC=C(C)C. The second kappa shape index (κ2) is 3.76. The molecule has 0 aromatic carbocycles. The zero-order chi connectivity index (χ0) is 8.20. The maximum atomic E-state index is 10.6. The molecular formula is C5H11O4P. The second-order valence-electron chi connectivity index (χ2n) is 1.95. The quantitative estimate of drug-likeness (QED) is 0.511. The minimum atomic E-state index is -3.80. The highest BCUT2D eigenvalue weighted by molar-refractivity contribution is 7.47. The molecular weight excluding hydrogens is 155 g/mol. The molecule has 0 saturated heterocycles. The topological polar surface area (TPSA) is 55.8 Å². The smallest absolute Gasteiger partial charge is 0.412 e. The molecule has 0 rings (SSSR count). The highest BCUT2D eigenvalue weighted by Gasteiger charge is 2.16. The monoisotopic (exact) mass is 166 g/mol. The lowest BCUT2D eigenvalue weighted by atomic mass is 10.4. The molecule has 0 fully saturated rings. The highest BCUT2D eigenvalue weighted by atomic mass is 31.2. The molecule has 0 aromatic heterocycles. The third kappa shape index (κ3) is 4.56. The molecule has 0 aliphatic rings. The molecule has 0 bridgehead atoms. The predicted octanol–water partition coefficient (Wildman–Crippen LogP) is 1.67. The van der Waals surface area contributed by atoms with Crippen LogP contribution in [0.15, 0.2) is 11.8 Å². The molecule has 1 atom stereocenters. The number of allylic oxidation sites excluding steroid dienone is 1. The van der Waals surface area contributed by atoms with Crippen molar-refractivity contribution in [2.75, 3.05) is 7.11 Å². The average Bonchev–Trinajstić information content (AvgIpc) is 1.85. The van der Waals surface area contributed by atoms with Gasteiger partial charge in [0.2, 0.25) is 0 Å². The van der Waals surface area contributed by atoms with Gasteiger partial charge in [-0.15, -0.1) is 0 Å². The van der Waals surface area contributed by atoms with Gasteiger partial charge in [-0.3, -0.25) is 9.42 Å². The van der Waals surface area contributed by atoms with Gasteiger partial charge in [0.25, 0.3) is 0 Å². The molecule has 0 radical (unpaired) electrons. The third-order valence-corrected chi connectivity index (χ3v) is 1.49. The van der Waals surface area contributed by atoms with Crippen LogP contribution in [0.3, 0.4) is 0 Å². The Bertz CT molecular complexity index is 170. The first-order chi connectivity index (χ1) is 4.48. The molecule has 0 spiro atoms. The van der Waals surface area contributed by atoms with Gasteiger partial charge in [-0.25, -0.2) is 4.57 Å². The fourth-order valence-corrected chi connectivity index (χ4v) is 0.645. The molecule has 0 aliphatic heterocycles. The van der Waals surface area contributed by atoms with Crippen molar-refractivity contribution < 1.29 is 18.5 Å². The summed E-state index contributed by atoms with van der Waals surface area (Å²) >= 11 is 0. The molecule has 5 heteroatoms. The standard InChI is InChI=1S/C5H11O4P/c1-5(2)4-9-10(6,7)8-3/h4H,1-3H3,(H,6,7). The van der Waals surface area contributed by atoms with Gasteiger partial charge in [0.1, 0.15) is 0 Å². The number of phosphoric ester groups is 1. The molecule has 1 unspecified atom stereocenters. The van der Waals surface area contributed by atoms with Gasteiger partial charge < -0.3 is 4.52 Å². The fraction of sp³-hybridized carbons (Fsp3) is 0.600. The maximum Gasteiger partial charge on any atom is 0.526 e. The number of hydrogen-bond donors (Lipinski definition) is 1. The van der Waals surface area contributed by atoms with Gasteiger partial charge in [0.15, 0.2) is 0 Å². The Morgan fingerprint density at radius 1 is 1.60 bits per heavy atom. The van der Waals surface area contributed by atoms with E-state index in [0.29, 0.717) is 0 Å². The van der Waals surface area contributed by atoms with E-state index in [1.54, 1.807) is 13.8 Å². The number of hydrogen-bond acceptors (Lipinski definition) is 3. The summed E-state index contributed by atoms with van der Waals surface area (Å²) in [5, 5.41) is 0. The van der Waals surface area contributed by atoms with Crippen LogP contribution in [0.25, 0.3) is 0 Å². The first kappa shape index (κ1) is 9.69. The van der Waals surface area contributed by atoms with E-state index >= 15 is 0 Å². The van der Waals surface area contributed by atoms with E-state index < -0.39 is 7.82 Å². The highest BCUT2D eigenvalue weighted by Crippen LogP contribution is 2.42. The summed E-state index contributed by atoms with van der Waals surface area (Å²) in [4.78, 5) is 8.64. The van der Waals surface area contributed by atoms with Crippen LogP contribution in [0.5, 0.6) is 0 Å². The first-order valence-electron chi connectivity index (χ1n) is 2.68. The van der Waals surface area contributed by atoms with Gasteiger partial charge in [0.05, 0.1) is 6.26 Å². The lowest BCUT2D eigenvalue weighted by Crippen LogP contribution is -1.84. The Labute approximate surface area is 60.1 Å². The summed E-state index contributed by atoms with van der Waals surface area (Å²) in [6, 6.07) is 0. The van der Waals surface area contributed by atoms with Crippen molar-refractivity contribution in [2.45, 2.75) is 13.8 Å². The largest absolute Gasteiger partial charge is 0.526 e. The van der Waals surface area contributed by atoms with Crippen LogP contribution in [0.2, 0.25) is 0 Å². The normalized spacial score (nSPS) is 15.6. The molecule has 10 heavy (non-hydrogen) atoms. The lowest BCUT2D eigenvalue weighted by molar-refractivity contribution is 0.222. The van der Waals surface area contributed by atoms with E-state index in [1.807, 2.05) is 0 Å². The van der Waals surface area contributed by atoms with Crippen molar-refractivity contribution in [2.24, 2.45) is 0 Å². The maximum absolute atomic E-state index is 10.6. The molecule has 0 amide bonds. The summed E-state index contributed by atoms with van der Waals surface area (Å²) in [6.07, 6.45) is 1.18. The molecule has 0 saturated carbocycles. The Morgan fingerprint density at radius 2 is 2.10 bits per heavy atom. The zero-order valence-corrected chi connectivity index (χ0v) is 7.09. The van der Waals surface area contributed by atoms with Gasteiger partial charge in [-0.2, -0.15) is 0 Å². The second-order valence-corrected chi connectivity index (χ2v) is 3.46. The van der Waals surface area contributed by atoms with Crippen molar-refractivity contribution in [3.8, 4) is 0 Å². The summed E-state index contributed by atoms with van der Waals surface area (Å²) in [7, 11) is -2.69. The Balaban J connectivity index is 3.92. The fourth-order valence-electron chi connectivity index (χ4n) is 0.215. The Hall–Kier alpha value is -0.310. The van der Waals surface area contributed by atoms with Gasteiger partial charge in [0, 0.05) is 7.11 Å². The Kier molecular flexibility index (Phi) is 3.64. The van der Waals surface area contributed by atoms with Crippen molar-refractivity contribution in [1.82, 2.24) is 0 Å². The van der Waals surface area contributed by atoms with Gasteiger partial charge in [-0.1, -0.05) is 0 Å². The lowest BCUT2D eigenvalue weighted by Gasteiger charge is -2.05. The Morgan fingerprint density at radius 3 is 2.40 bits per heavy atom. The van der Waals surface area contributed by atoms with Crippen LogP contribution >= 0.6 is 7.82 Å². The van der Waals surface area contributed by atoms with Crippen molar-refractivity contribution in [1.29, 1.82) is 0 Å². The summed E-state index contributed by atoms with van der Waals surface area (Å²) in [5.41, 5.74) is 0.798. The van der Waals surface area contributed by atoms with E-state index in [9.17, 15) is 4.57 Å². The number of phosphoric acid groups is 1. The van der Waals surface area contributed by atoms with Crippen LogP contribution in [0.1, 0.15) is 13.8 Å². The van der Waals surface area contributed by atoms with Gasteiger partial charge in [-0.05, 0) is 19.4 Å². The molecule has 0 aliphatic carbocycles. The van der Waals surface area contributed by atoms with Crippen LogP contribution in [0, 0.1) is 0 Å². The summed E-state index contributed by atoms with van der Waals surface area (Å²) in [5.74, 6) is 0. The average molecular weight is 166 g/mol. The van der Waals surface area contributed by atoms with Crippen molar-refractivity contribution in [3.05, 3.63) is 11.8 Å². The van der Waals surface area contributed by atoms with Crippen LogP contribution in [-0.4, -0.2) is 12.0 Å². The van der Waals surface area contributed by atoms with E-state index in [1.165, 1.54) is 6.26 Å². The third-order valence-electron chi connectivity index (χ3n) is 0.652. The van der Waals surface area contributed by atoms with Crippen molar-refractivity contribution >= 4 is 7.82 Å². The minimum absolute atomic E-state index is 0.798. The van der Waals surface area contributed by atoms with Crippen LogP contribution in [0.4, 0.5) is 0 Å². The van der Waals surface area contributed by atoms with E-state index in [0.717, 1.165) is 12.7 Å². The van der Waals surface area contributed by atoms with Crippen LogP contribution < -0.4 is 0 Å². The zero-order valence-electron chi connectivity index (χ0n) is 6.20. The summed E-state index contributed by atoms with van der Waals surface area (Å²) < 4.78 is 19.1. The van der Waals surface area contributed by atoms with Gasteiger partial charge >= 0.3 is 7.82 Å². The molecule has 4 nitrogen and oxygen atoms in total. The van der Waals surface area contributed by atoms with Crippen molar-refractivity contribution in [3.63, 3.8) is 0 Å². The first-order valence-corrected chi connectivity index (χ1v) is 4.18. The van der Waals surface area contributed by atoms with E-state index in [-0.39, 0.29) is 0 Å². The number of rotatable bonds is 3.